The van der Waals surface area contributed by atoms with Crippen LogP contribution in [0.15, 0.2) is 0 Å². The summed E-state index contributed by atoms with van der Waals surface area (Å²) in [4.78, 5) is 23.2. The first-order valence-corrected chi connectivity index (χ1v) is 5.88. The molecular formula is C12H4F7NO2. The number of piperidine rings is 1. The lowest BCUT2D eigenvalue weighted by Crippen LogP contribution is -2.35. The number of amides is 2. The van der Waals surface area contributed by atoms with Gasteiger partial charge in [0.1, 0.15) is 11.3 Å². The third kappa shape index (κ3) is 1.75. The van der Waals surface area contributed by atoms with Gasteiger partial charge in [0.15, 0.2) is 23.3 Å². The van der Waals surface area contributed by atoms with Crippen molar-refractivity contribution >= 4 is 17.5 Å². The molecule has 3 rings (SSSR count). The molecule has 10 heteroatoms. The Bertz CT molecular complexity index is 678. The normalized spacial score (nSPS) is 24.0. The smallest absolute Gasteiger partial charge is 0.274 e. The predicted molar refractivity (Wildman–Crippen MR) is 55.4 cm³/mol. The van der Waals surface area contributed by atoms with Crippen molar-refractivity contribution in [3.8, 4) is 0 Å². The molecule has 0 radical (unpaired) electrons. The molecule has 2 atom stereocenters. The van der Waals surface area contributed by atoms with E-state index in [0.717, 1.165) is 0 Å². The molecule has 2 aliphatic rings. The fraction of sp³-hybridized carbons (Fsp3) is 0.333. The van der Waals surface area contributed by atoms with Gasteiger partial charge in [-0.2, -0.15) is 13.2 Å². The van der Waals surface area contributed by atoms with Crippen LogP contribution in [-0.2, 0) is 15.8 Å². The number of rotatable bonds is 1. The zero-order valence-corrected chi connectivity index (χ0v) is 10.3. The van der Waals surface area contributed by atoms with E-state index < -0.39 is 64.3 Å². The minimum absolute atomic E-state index is 0.129. The number of alkyl halides is 3. The van der Waals surface area contributed by atoms with Crippen LogP contribution in [0.25, 0.3) is 0 Å². The summed E-state index contributed by atoms with van der Waals surface area (Å²) < 4.78 is 91.7. The number of fused-ring (bicyclic) bond motifs is 1. The first-order valence-electron chi connectivity index (χ1n) is 5.88. The largest absolute Gasteiger partial charge is 0.422 e. The Morgan fingerprint density at radius 2 is 1.23 bits per heavy atom. The second kappa shape index (κ2) is 4.20. The fourth-order valence-electron chi connectivity index (χ4n) is 2.47. The molecule has 1 aromatic rings. The van der Waals surface area contributed by atoms with Crippen LogP contribution >= 0.6 is 0 Å². The summed E-state index contributed by atoms with van der Waals surface area (Å²) in [6.07, 6.45) is -5.54. The lowest BCUT2D eigenvalue weighted by atomic mass is 10.1. The van der Waals surface area contributed by atoms with Gasteiger partial charge in [0.25, 0.3) is 0 Å². The third-order valence-corrected chi connectivity index (χ3v) is 3.61. The van der Waals surface area contributed by atoms with Crippen molar-refractivity contribution in [2.75, 3.05) is 4.90 Å². The molecule has 0 aromatic heterocycles. The maximum absolute atomic E-state index is 13.7. The van der Waals surface area contributed by atoms with Crippen LogP contribution < -0.4 is 4.90 Å². The molecule has 2 amide bonds. The summed E-state index contributed by atoms with van der Waals surface area (Å²) in [7, 11) is 0. The van der Waals surface area contributed by atoms with Crippen LogP contribution in [-0.4, -0.2) is 11.8 Å². The Balaban J connectivity index is 2.23. The van der Waals surface area contributed by atoms with E-state index in [2.05, 4.69) is 0 Å². The van der Waals surface area contributed by atoms with Crippen molar-refractivity contribution in [3.63, 3.8) is 0 Å². The van der Waals surface area contributed by atoms with Crippen LogP contribution in [0.4, 0.5) is 36.4 Å². The highest BCUT2D eigenvalue weighted by Crippen LogP contribution is 2.50. The van der Waals surface area contributed by atoms with E-state index in [4.69, 9.17) is 0 Å². The Morgan fingerprint density at radius 3 is 1.59 bits per heavy atom. The zero-order valence-electron chi connectivity index (χ0n) is 10.3. The number of hydrogen-bond acceptors (Lipinski definition) is 2. The quantitative estimate of drug-likeness (QED) is 0.452. The molecule has 0 bridgehead atoms. The summed E-state index contributed by atoms with van der Waals surface area (Å²) >= 11 is 0. The summed E-state index contributed by atoms with van der Waals surface area (Å²) in [5.74, 6) is -14.2. The Hall–Kier alpha value is -2.13. The molecule has 1 heterocycles. The summed E-state index contributed by atoms with van der Waals surface area (Å²) in [6, 6.07) is 0. The van der Waals surface area contributed by atoms with Crippen molar-refractivity contribution < 1.29 is 40.3 Å². The van der Waals surface area contributed by atoms with E-state index in [1.165, 1.54) is 0 Å². The molecule has 0 unspecified atom stereocenters. The number of nitrogens with zero attached hydrogens (tertiary/aromatic N) is 1. The van der Waals surface area contributed by atoms with E-state index in [9.17, 15) is 40.3 Å². The highest BCUT2D eigenvalue weighted by atomic mass is 19.4. The third-order valence-electron chi connectivity index (χ3n) is 3.61. The Kier molecular flexibility index (Phi) is 2.83. The number of imide groups is 1. The van der Waals surface area contributed by atoms with Gasteiger partial charge in [-0.15, -0.1) is 0 Å². The van der Waals surface area contributed by atoms with E-state index in [1.807, 2.05) is 0 Å². The molecule has 118 valence electrons. The average Bonchev–Trinajstić information content (AvgIpc) is 3.14. The van der Waals surface area contributed by atoms with Crippen LogP contribution in [0, 0.1) is 35.1 Å². The molecule has 3 nitrogen and oxygen atoms in total. The van der Waals surface area contributed by atoms with E-state index in [-0.39, 0.29) is 11.3 Å². The molecule has 0 N–H and O–H groups in total. The maximum atomic E-state index is 13.7. The van der Waals surface area contributed by atoms with E-state index in [0.29, 0.717) is 0 Å². The zero-order chi connectivity index (χ0) is 16.6. The maximum Gasteiger partial charge on any atom is 0.422 e. The van der Waals surface area contributed by atoms with Crippen molar-refractivity contribution in [3.05, 3.63) is 28.8 Å². The van der Waals surface area contributed by atoms with Gasteiger partial charge in [-0.1, -0.05) is 0 Å². The Labute approximate surface area is 117 Å². The SMILES string of the molecule is O=C1[C@H]2C[C@H]2C(=O)N1c1c(F)c(F)c(C(F)(F)F)c(F)c1F. The molecule has 2 fully saturated rings. The molecule has 1 aliphatic heterocycles. The van der Waals surface area contributed by atoms with Gasteiger partial charge in [-0.3, -0.25) is 9.59 Å². The molecule has 1 aromatic carbocycles. The van der Waals surface area contributed by atoms with Gasteiger partial charge in [-0.05, 0) is 6.42 Å². The summed E-state index contributed by atoms with van der Waals surface area (Å²) in [6.45, 7) is 0. The molecule has 1 saturated carbocycles. The van der Waals surface area contributed by atoms with Crippen LogP contribution in [0.1, 0.15) is 12.0 Å². The van der Waals surface area contributed by atoms with Crippen molar-refractivity contribution in [1.82, 2.24) is 0 Å². The van der Waals surface area contributed by atoms with E-state index in [1.54, 1.807) is 0 Å². The average molecular weight is 327 g/mol. The highest BCUT2D eigenvalue weighted by molar-refractivity contribution is 6.24. The van der Waals surface area contributed by atoms with Gasteiger partial charge in [0.05, 0.1) is 11.8 Å². The second-order valence-electron chi connectivity index (χ2n) is 4.94. The summed E-state index contributed by atoms with van der Waals surface area (Å²) in [5.41, 5.74) is -4.50. The Morgan fingerprint density at radius 1 is 0.818 bits per heavy atom. The molecule has 22 heavy (non-hydrogen) atoms. The van der Waals surface area contributed by atoms with Crippen molar-refractivity contribution in [2.45, 2.75) is 12.6 Å². The second-order valence-corrected chi connectivity index (χ2v) is 4.94. The van der Waals surface area contributed by atoms with Gasteiger partial charge in [0.2, 0.25) is 11.8 Å². The first-order chi connectivity index (χ1) is 10.1. The number of carbonyl (C=O) groups excluding carboxylic acids is 2. The van der Waals surface area contributed by atoms with Gasteiger partial charge in [0, 0.05) is 0 Å². The van der Waals surface area contributed by atoms with Crippen LogP contribution in [0.3, 0.4) is 0 Å². The fourth-order valence-corrected chi connectivity index (χ4v) is 2.47. The number of hydrogen-bond donors (Lipinski definition) is 0. The van der Waals surface area contributed by atoms with Crippen LogP contribution in [0.2, 0.25) is 0 Å². The highest BCUT2D eigenvalue weighted by Gasteiger charge is 2.60. The van der Waals surface area contributed by atoms with Crippen LogP contribution in [0.5, 0.6) is 0 Å². The number of benzene rings is 1. The van der Waals surface area contributed by atoms with Gasteiger partial charge >= 0.3 is 6.18 Å². The molecule has 1 aliphatic carbocycles. The van der Waals surface area contributed by atoms with E-state index >= 15 is 0 Å². The van der Waals surface area contributed by atoms with Gasteiger partial charge < -0.3 is 0 Å². The predicted octanol–water partition coefficient (Wildman–Crippen LogP) is 2.77. The van der Waals surface area contributed by atoms with Crippen molar-refractivity contribution in [1.29, 1.82) is 0 Å². The molecule has 1 saturated heterocycles. The minimum Gasteiger partial charge on any atom is -0.274 e. The lowest BCUT2D eigenvalue weighted by molar-refractivity contribution is -0.143. The standard InChI is InChI=1S/C12H4F7NO2/c13-5-4(12(17,18)19)6(14)8(16)9(7(5)15)20-10(21)2-1-3(2)11(20)22/h2-3H,1H2/t2-,3+. The first kappa shape index (κ1) is 14.8. The lowest BCUT2D eigenvalue weighted by Gasteiger charge is -2.20. The number of anilines is 1. The molecular weight excluding hydrogens is 323 g/mol. The monoisotopic (exact) mass is 327 g/mol. The minimum atomic E-state index is -5.68. The summed E-state index contributed by atoms with van der Waals surface area (Å²) in [5, 5.41) is 0. The molecule has 0 spiro atoms. The van der Waals surface area contributed by atoms with Crippen molar-refractivity contribution in [2.24, 2.45) is 11.8 Å². The topological polar surface area (TPSA) is 37.4 Å². The number of halogens is 7. The number of carbonyl (C=O) groups is 2. The van der Waals surface area contributed by atoms with Gasteiger partial charge in [-0.25, -0.2) is 22.5 Å².